The Morgan fingerprint density at radius 1 is 1.62 bits per heavy atom. The summed E-state index contributed by atoms with van der Waals surface area (Å²) in [6, 6.07) is 0. The zero-order valence-electron chi connectivity index (χ0n) is 5.31. The first-order valence-electron chi connectivity index (χ1n) is 3.29. The topological polar surface area (TPSA) is 17.1 Å². The van der Waals surface area contributed by atoms with Gasteiger partial charge in [-0.1, -0.05) is 13.3 Å². The van der Waals surface area contributed by atoms with Gasteiger partial charge in [0.15, 0.2) is 0 Å². The molecular weight excluding hydrogens is 100 g/mol. The van der Waals surface area contributed by atoms with Gasteiger partial charge in [0.1, 0.15) is 6.29 Å². The third kappa shape index (κ3) is 0.662. The highest BCUT2D eigenvalue weighted by atomic mass is 16.1. The molecule has 0 aliphatic heterocycles. The van der Waals surface area contributed by atoms with Gasteiger partial charge >= 0.3 is 0 Å². The van der Waals surface area contributed by atoms with Crippen LogP contribution >= 0.6 is 0 Å². The second-order valence-corrected chi connectivity index (χ2v) is 2.69. The molecule has 0 spiro atoms. The fourth-order valence-electron chi connectivity index (χ4n) is 1.19. The van der Waals surface area contributed by atoms with Gasteiger partial charge in [0.05, 0.1) is 0 Å². The van der Waals surface area contributed by atoms with Gasteiger partial charge in [-0.05, 0) is 19.3 Å². The third-order valence-corrected chi connectivity index (χ3v) is 2.30. The molecule has 0 aromatic rings. The van der Waals surface area contributed by atoms with E-state index in [2.05, 4.69) is 6.92 Å². The van der Waals surface area contributed by atoms with Gasteiger partial charge in [0.25, 0.3) is 0 Å². The van der Waals surface area contributed by atoms with Crippen LogP contribution in [0.2, 0.25) is 0 Å². The van der Waals surface area contributed by atoms with Gasteiger partial charge in [-0.25, -0.2) is 0 Å². The van der Waals surface area contributed by atoms with Crippen LogP contribution in [0.5, 0.6) is 0 Å². The number of carbonyl (C=O) groups excluding carboxylic acids is 1. The van der Waals surface area contributed by atoms with E-state index in [0.717, 1.165) is 25.5 Å². The van der Waals surface area contributed by atoms with Gasteiger partial charge in [0.2, 0.25) is 0 Å². The Morgan fingerprint density at radius 3 is 2.25 bits per heavy atom. The van der Waals surface area contributed by atoms with E-state index in [-0.39, 0.29) is 5.41 Å². The molecule has 0 radical (unpaired) electrons. The van der Waals surface area contributed by atoms with Crippen molar-refractivity contribution in [1.29, 1.82) is 0 Å². The summed E-state index contributed by atoms with van der Waals surface area (Å²) in [6.07, 6.45) is 5.69. The average molecular weight is 112 g/mol. The van der Waals surface area contributed by atoms with Gasteiger partial charge in [0, 0.05) is 5.41 Å². The molecule has 1 aliphatic carbocycles. The fourth-order valence-corrected chi connectivity index (χ4v) is 1.19. The minimum atomic E-state index is 0.125. The zero-order chi connectivity index (χ0) is 6.04. The van der Waals surface area contributed by atoms with Crippen molar-refractivity contribution in [3.63, 3.8) is 0 Å². The van der Waals surface area contributed by atoms with E-state index in [1.165, 1.54) is 6.42 Å². The number of rotatable bonds is 2. The van der Waals surface area contributed by atoms with Crippen LogP contribution < -0.4 is 0 Å². The summed E-state index contributed by atoms with van der Waals surface area (Å²) in [5, 5.41) is 0. The fraction of sp³-hybridized carbons (Fsp3) is 0.857. The summed E-state index contributed by atoms with van der Waals surface area (Å²) in [5.74, 6) is 0. The summed E-state index contributed by atoms with van der Waals surface area (Å²) in [7, 11) is 0. The largest absolute Gasteiger partial charge is 0.303 e. The lowest BCUT2D eigenvalue weighted by molar-refractivity contribution is -0.120. The Bertz CT molecular complexity index is 87.1. The molecule has 46 valence electrons. The number of carbonyl (C=O) groups is 1. The van der Waals surface area contributed by atoms with Crippen LogP contribution in [0.3, 0.4) is 0 Å². The van der Waals surface area contributed by atoms with E-state index in [1.54, 1.807) is 0 Å². The predicted octanol–water partition coefficient (Wildman–Crippen LogP) is 1.77. The van der Waals surface area contributed by atoms with Crippen LogP contribution in [-0.2, 0) is 4.79 Å². The summed E-state index contributed by atoms with van der Waals surface area (Å²) in [5.41, 5.74) is 0.125. The van der Waals surface area contributed by atoms with Gasteiger partial charge in [-0.15, -0.1) is 0 Å². The first-order valence-corrected chi connectivity index (χ1v) is 3.29. The van der Waals surface area contributed by atoms with Crippen LogP contribution in [0.1, 0.15) is 32.6 Å². The monoisotopic (exact) mass is 112 g/mol. The molecule has 0 atom stereocenters. The molecular formula is C7H12O. The molecule has 0 saturated heterocycles. The van der Waals surface area contributed by atoms with E-state index in [9.17, 15) is 4.79 Å². The van der Waals surface area contributed by atoms with Crippen molar-refractivity contribution in [3.8, 4) is 0 Å². The standard InChI is InChI=1S/C7H12O/c1-2-7(6-8)4-3-5-7/h6H,2-5H2,1H3. The maximum atomic E-state index is 10.3. The minimum Gasteiger partial charge on any atom is -0.303 e. The molecule has 0 N–H and O–H groups in total. The van der Waals surface area contributed by atoms with Crippen molar-refractivity contribution in [2.45, 2.75) is 32.6 Å². The summed E-state index contributed by atoms with van der Waals surface area (Å²) in [6.45, 7) is 2.09. The van der Waals surface area contributed by atoms with Crippen LogP contribution in [0.25, 0.3) is 0 Å². The van der Waals surface area contributed by atoms with Crippen LogP contribution in [0.15, 0.2) is 0 Å². The number of hydrogen-bond acceptors (Lipinski definition) is 1. The Morgan fingerprint density at radius 2 is 2.25 bits per heavy atom. The van der Waals surface area contributed by atoms with Crippen molar-refractivity contribution >= 4 is 6.29 Å². The van der Waals surface area contributed by atoms with Gasteiger partial charge in [-0.3, -0.25) is 0 Å². The minimum absolute atomic E-state index is 0.125. The van der Waals surface area contributed by atoms with Gasteiger partial charge in [-0.2, -0.15) is 0 Å². The lowest BCUT2D eigenvalue weighted by atomic mass is 9.68. The average Bonchev–Trinajstić information content (AvgIpc) is 1.67. The molecule has 1 rings (SSSR count). The molecule has 1 aliphatic rings. The van der Waals surface area contributed by atoms with E-state index in [1.807, 2.05) is 0 Å². The van der Waals surface area contributed by atoms with Crippen molar-refractivity contribution in [2.24, 2.45) is 5.41 Å². The molecule has 0 amide bonds. The van der Waals surface area contributed by atoms with E-state index in [0.29, 0.717) is 0 Å². The van der Waals surface area contributed by atoms with Crippen LogP contribution in [-0.4, -0.2) is 6.29 Å². The molecule has 8 heavy (non-hydrogen) atoms. The normalized spacial score (nSPS) is 24.1. The Labute approximate surface area is 50.1 Å². The van der Waals surface area contributed by atoms with Gasteiger partial charge < -0.3 is 4.79 Å². The lowest BCUT2D eigenvalue weighted by Crippen LogP contribution is -2.29. The first-order chi connectivity index (χ1) is 3.83. The second-order valence-electron chi connectivity index (χ2n) is 2.69. The first kappa shape index (κ1) is 5.80. The van der Waals surface area contributed by atoms with Crippen LogP contribution in [0.4, 0.5) is 0 Å². The third-order valence-electron chi connectivity index (χ3n) is 2.30. The summed E-state index contributed by atoms with van der Waals surface area (Å²) >= 11 is 0. The van der Waals surface area contributed by atoms with Crippen molar-refractivity contribution in [3.05, 3.63) is 0 Å². The van der Waals surface area contributed by atoms with Crippen molar-refractivity contribution < 1.29 is 4.79 Å². The second kappa shape index (κ2) is 1.88. The highest BCUT2D eigenvalue weighted by molar-refractivity contribution is 5.60. The molecule has 0 heterocycles. The predicted molar refractivity (Wildman–Crippen MR) is 32.6 cm³/mol. The maximum Gasteiger partial charge on any atom is 0.126 e. The Hall–Kier alpha value is -0.330. The van der Waals surface area contributed by atoms with Crippen LogP contribution in [0, 0.1) is 5.41 Å². The maximum absolute atomic E-state index is 10.3. The molecule has 0 unspecified atom stereocenters. The number of hydrogen-bond donors (Lipinski definition) is 0. The molecule has 1 fully saturated rings. The quantitative estimate of drug-likeness (QED) is 0.497. The Balaban J connectivity index is 2.45. The molecule has 1 heteroatoms. The lowest BCUT2D eigenvalue weighted by Gasteiger charge is -2.35. The van der Waals surface area contributed by atoms with E-state index in [4.69, 9.17) is 0 Å². The van der Waals surface area contributed by atoms with E-state index >= 15 is 0 Å². The zero-order valence-corrected chi connectivity index (χ0v) is 5.31. The van der Waals surface area contributed by atoms with Crippen molar-refractivity contribution in [1.82, 2.24) is 0 Å². The molecule has 1 saturated carbocycles. The van der Waals surface area contributed by atoms with E-state index < -0.39 is 0 Å². The summed E-state index contributed by atoms with van der Waals surface area (Å²) < 4.78 is 0. The smallest absolute Gasteiger partial charge is 0.126 e. The van der Waals surface area contributed by atoms with Crippen molar-refractivity contribution in [2.75, 3.05) is 0 Å². The Kier molecular flexibility index (Phi) is 1.37. The molecule has 0 aromatic carbocycles. The number of aldehydes is 1. The highest BCUT2D eigenvalue weighted by Gasteiger charge is 2.34. The summed E-state index contributed by atoms with van der Waals surface area (Å²) in [4.78, 5) is 10.3. The highest BCUT2D eigenvalue weighted by Crippen LogP contribution is 2.41. The SMILES string of the molecule is CCC1(C=O)CCC1. The molecule has 0 bridgehead atoms. The molecule has 1 nitrogen and oxygen atoms in total. The molecule has 0 aromatic heterocycles.